The van der Waals surface area contributed by atoms with Crippen molar-refractivity contribution in [1.82, 2.24) is 9.97 Å². The van der Waals surface area contributed by atoms with Crippen molar-refractivity contribution < 1.29 is 4.79 Å². The molecule has 0 unspecified atom stereocenters. The van der Waals surface area contributed by atoms with Gasteiger partial charge >= 0.3 is 0 Å². The zero-order chi connectivity index (χ0) is 18.4. The predicted molar refractivity (Wildman–Crippen MR) is 114 cm³/mol. The molecule has 3 heteroatoms. The molecule has 1 aliphatic carbocycles. The van der Waals surface area contributed by atoms with Crippen molar-refractivity contribution in [2.24, 2.45) is 0 Å². The van der Waals surface area contributed by atoms with Crippen molar-refractivity contribution in [1.29, 1.82) is 0 Å². The van der Waals surface area contributed by atoms with Crippen molar-refractivity contribution >= 4 is 49.4 Å². The largest absolute Gasteiger partial charge is 0.354 e. The fourth-order valence-corrected chi connectivity index (χ4v) is 4.82. The Balaban J connectivity index is 1.60. The highest BCUT2D eigenvalue weighted by Gasteiger charge is 2.30. The average molecular weight is 358 g/mol. The molecule has 0 spiro atoms. The Bertz CT molecular complexity index is 1630. The number of nitrogens with one attached hydrogen (secondary N) is 2. The number of benzene rings is 4. The summed E-state index contributed by atoms with van der Waals surface area (Å²) in [5.74, 6) is 0.106. The first-order chi connectivity index (χ1) is 13.8. The van der Waals surface area contributed by atoms with Gasteiger partial charge in [-0.3, -0.25) is 4.79 Å². The zero-order valence-electron chi connectivity index (χ0n) is 14.8. The Morgan fingerprint density at radius 2 is 1.25 bits per heavy atom. The van der Waals surface area contributed by atoms with Gasteiger partial charge in [0.1, 0.15) is 0 Å². The molecule has 0 saturated carbocycles. The normalized spacial score (nSPS) is 13.1. The number of fused-ring (bicyclic) bond motifs is 10. The van der Waals surface area contributed by atoms with Gasteiger partial charge in [0.2, 0.25) is 0 Å². The Kier molecular flexibility index (Phi) is 2.39. The van der Waals surface area contributed by atoms with Gasteiger partial charge in [0.25, 0.3) is 0 Å². The van der Waals surface area contributed by atoms with Crippen molar-refractivity contribution in [2.75, 3.05) is 0 Å². The maximum Gasteiger partial charge on any atom is 0.196 e. The summed E-state index contributed by atoms with van der Waals surface area (Å²) in [5, 5.41) is 4.51. The molecule has 1 aliphatic rings. The number of H-pyrrole nitrogens is 2. The first-order valence-electron chi connectivity index (χ1n) is 9.42. The van der Waals surface area contributed by atoms with Gasteiger partial charge in [0, 0.05) is 43.7 Å². The van der Waals surface area contributed by atoms with Gasteiger partial charge in [0.05, 0.1) is 11.1 Å². The van der Waals surface area contributed by atoms with Crippen LogP contribution in [0.3, 0.4) is 0 Å². The molecular weight excluding hydrogens is 344 g/mol. The van der Waals surface area contributed by atoms with Gasteiger partial charge in [-0.2, -0.15) is 0 Å². The third kappa shape index (κ3) is 1.58. The van der Waals surface area contributed by atoms with Crippen LogP contribution in [0.4, 0.5) is 0 Å². The number of aromatic amines is 2. The molecule has 0 saturated heterocycles. The molecule has 28 heavy (non-hydrogen) atoms. The van der Waals surface area contributed by atoms with Crippen LogP contribution in [-0.4, -0.2) is 15.8 Å². The molecule has 0 bridgehead atoms. The maximum atomic E-state index is 13.5. The number of carbonyl (C=O) groups excluding carboxylic acids is 1. The van der Waals surface area contributed by atoms with Crippen LogP contribution in [0, 0.1) is 0 Å². The highest BCUT2D eigenvalue weighted by molar-refractivity contribution is 6.30. The summed E-state index contributed by atoms with van der Waals surface area (Å²) in [7, 11) is 0. The molecule has 3 nitrogen and oxygen atoms in total. The van der Waals surface area contributed by atoms with E-state index in [0.29, 0.717) is 0 Å². The van der Waals surface area contributed by atoms with E-state index in [-0.39, 0.29) is 5.78 Å². The molecule has 0 amide bonds. The SMILES string of the molecule is O=C1c2cc3c(cc2-c2ccc4c([nH]c5ccccc54)c21)[nH]c1ccccc13. The number of ketones is 1. The molecular formula is C25H14N2O. The van der Waals surface area contributed by atoms with E-state index >= 15 is 0 Å². The monoisotopic (exact) mass is 358 g/mol. The van der Waals surface area contributed by atoms with E-state index < -0.39 is 0 Å². The van der Waals surface area contributed by atoms with Crippen LogP contribution in [0.1, 0.15) is 15.9 Å². The van der Waals surface area contributed by atoms with Crippen molar-refractivity contribution in [3.63, 3.8) is 0 Å². The molecule has 7 rings (SSSR count). The number of carbonyl (C=O) groups is 1. The minimum Gasteiger partial charge on any atom is -0.354 e. The lowest BCUT2D eigenvalue weighted by atomic mass is 10.0. The first kappa shape index (κ1) is 14.2. The van der Waals surface area contributed by atoms with Gasteiger partial charge in [-0.15, -0.1) is 0 Å². The second kappa shape index (κ2) is 4.70. The van der Waals surface area contributed by atoms with Crippen molar-refractivity contribution in [3.8, 4) is 11.1 Å². The molecule has 2 heterocycles. The lowest BCUT2D eigenvalue weighted by Gasteiger charge is -2.01. The highest BCUT2D eigenvalue weighted by Crippen LogP contribution is 2.44. The predicted octanol–water partition coefficient (Wildman–Crippen LogP) is 6.17. The van der Waals surface area contributed by atoms with Crippen LogP contribution in [-0.2, 0) is 0 Å². The molecule has 4 aromatic carbocycles. The minimum atomic E-state index is 0.106. The molecule has 0 fully saturated rings. The molecule has 2 aromatic heterocycles. The molecule has 0 aliphatic heterocycles. The summed E-state index contributed by atoms with van der Waals surface area (Å²) in [6, 6.07) is 24.9. The molecule has 2 N–H and O–H groups in total. The van der Waals surface area contributed by atoms with Gasteiger partial charge in [-0.1, -0.05) is 48.5 Å². The third-order valence-corrected chi connectivity index (χ3v) is 6.09. The number of hydrogen-bond donors (Lipinski definition) is 2. The fraction of sp³-hybridized carbons (Fsp3) is 0. The summed E-state index contributed by atoms with van der Waals surface area (Å²) < 4.78 is 0. The summed E-state index contributed by atoms with van der Waals surface area (Å²) in [5.41, 5.74) is 7.77. The maximum absolute atomic E-state index is 13.5. The number of aromatic nitrogens is 2. The Labute approximate surface area is 159 Å². The lowest BCUT2D eigenvalue weighted by molar-refractivity contribution is 0.104. The molecule has 0 atom stereocenters. The molecule has 130 valence electrons. The van der Waals surface area contributed by atoms with E-state index in [2.05, 4.69) is 58.5 Å². The molecule has 0 radical (unpaired) electrons. The Morgan fingerprint density at radius 3 is 2.07 bits per heavy atom. The van der Waals surface area contributed by atoms with Crippen LogP contribution in [0.25, 0.3) is 54.7 Å². The van der Waals surface area contributed by atoms with Gasteiger partial charge < -0.3 is 9.97 Å². The zero-order valence-corrected chi connectivity index (χ0v) is 14.8. The fourth-order valence-electron chi connectivity index (χ4n) is 4.82. The second-order valence-corrected chi connectivity index (χ2v) is 7.52. The van der Waals surface area contributed by atoms with E-state index in [9.17, 15) is 4.79 Å². The van der Waals surface area contributed by atoms with Crippen molar-refractivity contribution in [2.45, 2.75) is 0 Å². The molecule has 6 aromatic rings. The van der Waals surface area contributed by atoms with Crippen LogP contribution >= 0.6 is 0 Å². The Morgan fingerprint density at radius 1 is 0.536 bits per heavy atom. The van der Waals surface area contributed by atoms with E-state index in [1.807, 2.05) is 24.3 Å². The smallest absolute Gasteiger partial charge is 0.196 e. The average Bonchev–Trinajstić information content (AvgIpc) is 3.36. The third-order valence-electron chi connectivity index (χ3n) is 6.09. The van der Waals surface area contributed by atoms with Gasteiger partial charge in [-0.05, 0) is 35.4 Å². The van der Waals surface area contributed by atoms with Gasteiger partial charge in [0.15, 0.2) is 5.78 Å². The summed E-state index contributed by atoms with van der Waals surface area (Å²) in [6.45, 7) is 0. The number of rotatable bonds is 0. The lowest BCUT2D eigenvalue weighted by Crippen LogP contribution is -1.96. The summed E-state index contributed by atoms with van der Waals surface area (Å²) >= 11 is 0. The number of hydrogen-bond acceptors (Lipinski definition) is 1. The van der Waals surface area contributed by atoms with E-state index in [0.717, 1.165) is 65.9 Å². The van der Waals surface area contributed by atoms with Crippen LogP contribution in [0.5, 0.6) is 0 Å². The van der Waals surface area contributed by atoms with Crippen LogP contribution in [0.15, 0.2) is 72.8 Å². The van der Waals surface area contributed by atoms with E-state index in [1.165, 1.54) is 0 Å². The minimum absolute atomic E-state index is 0.106. The van der Waals surface area contributed by atoms with E-state index in [1.54, 1.807) is 0 Å². The highest BCUT2D eigenvalue weighted by atomic mass is 16.1. The summed E-state index contributed by atoms with van der Waals surface area (Å²) in [6.07, 6.45) is 0. The topological polar surface area (TPSA) is 48.6 Å². The standard InChI is InChI=1S/C25H14N2O/c28-25-19-11-18-14-6-2-3-7-20(14)26-22(18)12-17(19)15-9-10-16-13-5-1-4-8-21(13)27-24(16)23(15)25/h1-12,26-27H. The first-order valence-corrected chi connectivity index (χ1v) is 9.42. The number of para-hydroxylation sites is 2. The van der Waals surface area contributed by atoms with Crippen molar-refractivity contribution in [3.05, 3.63) is 83.9 Å². The van der Waals surface area contributed by atoms with Gasteiger partial charge in [-0.25, -0.2) is 0 Å². The van der Waals surface area contributed by atoms with E-state index in [4.69, 9.17) is 0 Å². The quantitative estimate of drug-likeness (QED) is 0.335. The van der Waals surface area contributed by atoms with Crippen LogP contribution < -0.4 is 0 Å². The second-order valence-electron chi connectivity index (χ2n) is 7.52. The van der Waals surface area contributed by atoms with Crippen LogP contribution in [0.2, 0.25) is 0 Å². The Hall–Kier alpha value is -3.85. The summed E-state index contributed by atoms with van der Waals surface area (Å²) in [4.78, 5) is 20.4.